The Morgan fingerprint density at radius 3 is 2.52 bits per heavy atom. The van der Waals surface area contributed by atoms with Crippen molar-refractivity contribution in [1.82, 2.24) is 9.80 Å². The smallest absolute Gasteiger partial charge is 0.139 e. The summed E-state index contributed by atoms with van der Waals surface area (Å²) in [5.41, 5.74) is 3.51. The SMILES string of the molecule is CN1CCN(C2=Nc3ccccc3Nc3sc(C(C)(C)C)cc32)CC1. The summed E-state index contributed by atoms with van der Waals surface area (Å²) >= 11 is 1.86. The maximum atomic E-state index is 5.09. The number of hydrogen-bond acceptors (Lipinski definition) is 5. The number of nitrogens with zero attached hydrogens (tertiary/aromatic N) is 3. The Bertz CT molecular complexity index is 807. The molecule has 0 atom stereocenters. The van der Waals surface area contributed by atoms with Crippen LogP contribution in [0.4, 0.5) is 16.4 Å². The lowest BCUT2D eigenvalue weighted by atomic mass is 9.94. The molecule has 3 heterocycles. The molecule has 2 aromatic rings. The summed E-state index contributed by atoms with van der Waals surface area (Å²) in [6.07, 6.45) is 0. The summed E-state index contributed by atoms with van der Waals surface area (Å²) in [5, 5.41) is 4.86. The predicted molar refractivity (Wildman–Crippen MR) is 108 cm³/mol. The summed E-state index contributed by atoms with van der Waals surface area (Å²) in [6.45, 7) is 11.0. The molecule has 0 radical (unpaired) electrons. The number of benzene rings is 1. The highest BCUT2D eigenvalue weighted by molar-refractivity contribution is 7.16. The summed E-state index contributed by atoms with van der Waals surface area (Å²) in [6, 6.07) is 10.7. The molecular weight excluding hydrogens is 328 g/mol. The molecule has 4 rings (SSSR count). The van der Waals surface area contributed by atoms with Crippen molar-refractivity contribution in [3.05, 3.63) is 40.8 Å². The van der Waals surface area contributed by atoms with E-state index in [1.165, 1.54) is 15.4 Å². The minimum atomic E-state index is 0.144. The van der Waals surface area contributed by atoms with Crippen LogP contribution in [0.2, 0.25) is 0 Å². The Labute approximate surface area is 154 Å². The third-order valence-electron chi connectivity index (χ3n) is 4.89. The summed E-state index contributed by atoms with van der Waals surface area (Å²) in [7, 11) is 2.19. The second-order valence-electron chi connectivity index (χ2n) is 7.97. The van der Waals surface area contributed by atoms with Crippen LogP contribution in [0.25, 0.3) is 0 Å². The largest absolute Gasteiger partial charge is 0.353 e. The quantitative estimate of drug-likeness (QED) is 0.759. The fraction of sp³-hybridized carbons (Fsp3) is 0.450. The molecule has 0 amide bonds. The number of nitrogens with one attached hydrogen (secondary N) is 1. The van der Waals surface area contributed by atoms with Crippen LogP contribution in [0.1, 0.15) is 31.2 Å². The van der Waals surface area contributed by atoms with Crippen molar-refractivity contribution in [3.8, 4) is 0 Å². The number of likely N-dealkylation sites (N-methyl/N-ethyl adjacent to an activating group) is 1. The number of piperazine rings is 1. The summed E-state index contributed by atoms with van der Waals surface area (Å²) < 4.78 is 0. The van der Waals surface area contributed by atoms with Crippen molar-refractivity contribution in [1.29, 1.82) is 0 Å². The lowest BCUT2D eigenvalue weighted by Gasteiger charge is -2.34. The van der Waals surface area contributed by atoms with Crippen molar-refractivity contribution < 1.29 is 0 Å². The minimum absolute atomic E-state index is 0.144. The number of thiophene rings is 1. The second-order valence-corrected chi connectivity index (χ2v) is 9.02. The van der Waals surface area contributed by atoms with E-state index >= 15 is 0 Å². The van der Waals surface area contributed by atoms with E-state index in [-0.39, 0.29) is 5.41 Å². The molecule has 0 unspecified atom stereocenters. The Balaban J connectivity index is 1.82. The Kier molecular flexibility index (Phi) is 4.08. The molecule has 4 nitrogen and oxygen atoms in total. The fourth-order valence-electron chi connectivity index (χ4n) is 3.25. The van der Waals surface area contributed by atoms with Crippen LogP contribution < -0.4 is 5.32 Å². The van der Waals surface area contributed by atoms with Gasteiger partial charge in [0, 0.05) is 31.1 Å². The van der Waals surface area contributed by atoms with E-state index < -0.39 is 0 Å². The molecule has 1 aromatic heterocycles. The van der Waals surface area contributed by atoms with E-state index in [4.69, 9.17) is 4.99 Å². The Morgan fingerprint density at radius 1 is 1.08 bits per heavy atom. The minimum Gasteiger partial charge on any atom is -0.353 e. The molecule has 0 saturated carbocycles. The Hall–Kier alpha value is -1.85. The highest BCUT2D eigenvalue weighted by atomic mass is 32.1. The zero-order chi connectivity index (χ0) is 17.6. The third kappa shape index (κ3) is 3.18. The molecule has 25 heavy (non-hydrogen) atoms. The zero-order valence-corrected chi connectivity index (χ0v) is 16.3. The highest BCUT2D eigenvalue weighted by Crippen LogP contribution is 2.42. The first-order chi connectivity index (χ1) is 11.9. The topological polar surface area (TPSA) is 30.9 Å². The molecule has 2 aliphatic rings. The van der Waals surface area contributed by atoms with Gasteiger partial charge in [-0.1, -0.05) is 32.9 Å². The van der Waals surface area contributed by atoms with Gasteiger partial charge in [0.15, 0.2) is 0 Å². The highest BCUT2D eigenvalue weighted by Gasteiger charge is 2.28. The van der Waals surface area contributed by atoms with Crippen LogP contribution in [0.15, 0.2) is 35.3 Å². The van der Waals surface area contributed by atoms with Crippen LogP contribution in [0.3, 0.4) is 0 Å². The van der Waals surface area contributed by atoms with Gasteiger partial charge in [0.1, 0.15) is 10.8 Å². The van der Waals surface area contributed by atoms with E-state index in [1.807, 2.05) is 11.3 Å². The first kappa shape index (κ1) is 16.6. The van der Waals surface area contributed by atoms with E-state index in [0.717, 1.165) is 43.4 Å². The van der Waals surface area contributed by atoms with Crippen molar-refractivity contribution in [2.75, 3.05) is 38.5 Å². The molecule has 132 valence electrons. The molecule has 0 aliphatic carbocycles. The first-order valence-electron chi connectivity index (χ1n) is 8.95. The number of hydrogen-bond donors (Lipinski definition) is 1. The molecule has 1 N–H and O–H groups in total. The molecule has 1 fully saturated rings. The van der Waals surface area contributed by atoms with Crippen LogP contribution in [0.5, 0.6) is 0 Å². The van der Waals surface area contributed by atoms with E-state index in [9.17, 15) is 0 Å². The van der Waals surface area contributed by atoms with Crippen molar-refractivity contribution in [3.63, 3.8) is 0 Å². The van der Waals surface area contributed by atoms with Gasteiger partial charge in [0.05, 0.1) is 16.9 Å². The van der Waals surface area contributed by atoms with Gasteiger partial charge in [-0.3, -0.25) is 0 Å². The van der Waals surface area contributed by atoms with Crippen LogP contribution in [0, 0.1) is 0 Å². The number of para-hydroxylation sites is 2. The molecule has 1 aromatic carbocycles. The van der Waals surface area contributed by atoms with Gasteiger partial charge in [0.2, 0.25) is 0 Å². The van der Waals surface area contributed by atoms with Gasteiger partial charge in [-0.2, -0.15) is 0 Å². The second kappa shape index (κ2) is 6.15. The van der Waals surface area contributed by atoms with Gasteiger partial charge < -0.3 is 15.1 Å². The van der Waals surface area contributed by atoms with Gasteiger partial charge in [-0.05, 0) is 30.7 Å². The van der Waals surface area contributed by atoms with Gasteiger partial charge in [0.25, 0.3) is 0 Å². The molecule has 0 spiro atoms. The summed E-state index contributed by atoms with van der Waals surface area (Å²) in [5.74, 6) is 1.12. The van der Waals surface area contributed by atoms with Crippen molar-refractivity contribution in [2.24, 2.45) is 4.99 Å². The molecule has 2 aliphatic heterocycles. The predicted octanol–water partition coefficient (Wildman–Crippen LogP) is 4.43. The van der Waals surface area contributed by atoms with Crippen molar-refractivity contribution >= 4 is 33.5 Å². The average molecular weight is 355 g/mol. The Morgan fingerprint density at radius 2 is 1.80 bits per heavy atom. The lowest BCUT2D eigenvalue weighted by Crippen LogP contribution is -2.47. The van der Waals surface area contributed by atoms with Crippen molar-refractivity contribution in [2.45, 2.75) is 26.2 Å². The maximum absolute atomic E-state index is 5.09. The number of rotatable bonds is 0. The summed E-state index contributed by atoms with van der Waals surface area (Å²) in [4.78, 5) is 11.3. The van der Waals surface area contributed by atoms with Gasteiger partial charge in [-0.25, -0.2) is 4.99 Å². The maximum Gasteiger partial charge on any atom is 0.139 e. The fourth-order valence-corrected chi connectivity index (χ4v) is 4.38. The van der Waals surface area contributed by atoms with Crippen LogP contribution >= 0.6 is 11.3 Å². The zero-order valence-electron chi connectivity index (χ0n) is 15.5. The molecule has 1 saturated heterocycles. The molecule has 5 heteroatoms. The van der Waals surface area contributed by atoms with E-state index in [2.05, 4.69) is 73.3 Å². The number of aliphatic imine (C=N–C) groups is 1. The first-order valence-corrected chi connectivity index (χ1v) is 9.76. The van der Waals surface area contributed by atoms with E-state index in [0.29, 0.717) is 0 Å². The molecular formula is C20H26N4S. The van der Waals surface area contributed by atoms with Crippen LogP contribution in [-0.4, -0.2) is 48.9 Å². The van der Waals surface area contributed by atoms with Crippen LogP contribution in [-0.2, 0) is 5.41 Å². The monoisotopic (exact) mass is 354 g/mol. The molecule has 0 bridgehead atoms. The average Bonchev–Trinajstić information content (AvgIpc) is 2.93. The normalized spacial score (nSPS) is 18.1. The van der Waals surface area contributed by atoms with Gasteiger partial charge in [-0.15, -0.1) is 11.3 Å². The van der Waals surface area contributed by atoms with Gasteiger partial charge >= 0.3 is 0 Å². The standard InChI is InChI=1S/C20H26N4S/c1-20(2,3)17-13-14-18(24-11-9-23(4)10-12-24)21-15-7-5-6-8-16(15)22-19(14)25-17/h5-8,13,22H,9-12H2,1-4H3. The number of anilines is 2. The number of amidine groups is 1. The van der Waals surface area contributed by atoms with E-state index in [1.54, 1.807) is 0 Å². The third-order valence-corrected chi connectivity index (χ3v) is 6.37. The number of fused-ring (bicyclic) bond motifs is 2. The lowest BCUT2D eigenvalue weighted by molar-refractivity contribution is 0.216.